The summed E-state index contributed by atoms with van der Waals surface area (Å²) in [4.78, 5) is 25.3. The first kappa shape index (κ1) is 37.5. The molecule has 0 aliphatic carbocycles. The minimum absolute atomic E-state index is 0.00901. The van der Waals surface area contributed by atoms with Crippen LogP contribution in [-0.4, -0.2) is 71.8 Å². The van der Waals surface area contributed by atoms with Gasteiger partial charge in [0.25, 0.3) is 0 Å². The topological polar surface area (TPSA) is 123 Å². The summed E-state index contributed by atoms with van der Waals surface area (Å²) in [7, 11) is 2.89. The zero-order valence-electron chi connectivity index (χ0n) is 27.1. The van der Waals surface area contributed by atoms with Crippen molar-refractivity contribution in [3.8, 4) is 0 Å². The third-order valence-electron chi connectivity index (χ3n) is 8.17. The van der Waals surface area contributed by atoms with Crippen molar-refractivity contribution in [3.63, 3.8) is 0 Å². The van der Waals surface area contributed by atoms with Crippen molar-refractivity contribution >= 4 is 11.8 Å². The number of aliphatic hydroxyl groups is 3. The molecule has 3 N–H and O–H groups in total. The van der Waals surface area contributed by atoms with Gasteiger partial charge in [0.15, 0.2) is 0 Å². The first-order valence-corrected chi connectivity index (χ1v) is 14.9. The Kier molecular flexibility index (Phi) is 16.3. The molecule has 1 rings (SSSR count). The summed E-state index contributed by atoms with van der Waals surface area (Å²) in [6.07, 6.45) is 9.18. The molecule has 1 aliphatic rings. The van der Waals surface area contributed by atoms with Crippen molar-refractivity contribution in [1.82, 2.24) is 0 Å². The number of aliphatic hydroxyl groups excluding tert-OH is 3. The molecule has 0 aromatic heterocycles. The number of esters is 1. The summed E-state index contributed by atoms with van der Waals surface area (Å²) in [5, 5.41) is 32.6. The standard InChI is InChI=1S/C34H54O8/c1-11-27(35)25(7)28(36)16-15-22(4)32(38)26(8)33-29(40-9)14-12-13-20(2)17-23(5)31(37)24(6)18-21(3)19-30(41-10)34(39)42-33/h12-16,18-19,22-26,28-29,31-33,36-38H,11,17H2,1-10H3/b14-12+,16-15+,20-13+,21-18+,30-19-/t22-,23-,24-,25-,26+,28-,29+,31+,32+,33-/m1/s1. The second kappa shape index (κ2) is 18.2. The Morgan fingerprint density at radius 3 is 2.36 bits per heavy atom. The minimum Gasteiger partial charge on any atom is -0.490 e. The molecule has 0 bridgehead atoms. The molecule has 42 heavy (non-hydrogen) atoms. The van der Waals surface area contributed by atoms with E-state index in [1.165, 1.54) is 20.3 Å². The largest absolute Gasteiger partial charge is 0.490 e. The summed E-state index contributed by atoms with van der Waals surface area (Å²) >= 11 is 0. The fourth-order valence-corrected chi connectivity index (χ4v) is 5.25. The molecular formula is C34H54O8. The molecule has 238 valence electrons. The Labute approximate surface area is 252 Å². The van der Waals surface area contributed by atoms with Gasteiger partial charge in [0.1, 0.15) is 18.0 Å². The van der Waals surface area contributed by atoms with Gasteiger partial charge in [0, 0.05) is 37.2 Å². The molecule has 1 aliphatic heterocycles. The fraction of sp³-hybridized carbons (Fsp3) is 0.647. The predicted octanol–water partition coefficient (Wildman–Crippen LogP) is 5.09. The van der Waals surface area contributed by atoms with Gasteiger partial charge in [-0.2, -0.15) is 0 Å². The number of cyclic esters (lactones) is 1. The molecule has 0 saturated carbocycles. The summed E-state index contributed by atoms with van der Waals surface area (Å²) in [6.45, 7) is 14.8. The molecule has 0 fully saturated rings. The molecule has 0 unspecified atom stereocenters. The van der Waals surface area contributed by atoms with Gasteiger partial charge in [0.2, 0.25) is 5.76 Å². The van der Waals surface area contributed by atoms with Crippen LogP contribution in [0.4, 0.5) is 0 Å². The maximum atomic E-state index is 13.3. The van der Waals surface area contributed by atoms with Crippen LogP contribution in [0.25, 0.3) is 0 Å². The van der Waals surface area contributed by atoms with Crippen LogP contribution < -0.4 is 0 Å². The maximum absolute atomic E-state index is 13.3. The zero-order chi connectivity index (χ0) is 32.1. The molecule has 10 atom stereocenters. The van der Waals surface area contributed by atoms with Crippen molar-refractivity contribution in [2.45, 2.75) is 98.8 Å². The number of methoxy groups -OCH3 is 2. The summed E-state index contributed by atoms with van der Waals surface area (Å²) in [5.74, 6) is -2.49. The lowest BCUT2D eigenvalue weighted by Gasteiger charge is -2.33. The number of Topliss-reactive ketones (excluding diaryl/α,β-unsaturated/α-hetero) is 1. The van der Waals surface area contributed by atoms with Crippen molar-refractivity contribution in [1.29, 1.82) is 0 Å². The lowest BCUT2D eigenvalue weighted by atomic mass is 9.85. The molecule has 0 aromatic carbocycles. The van der Waals surface area contributed by atoms with Gasteiger partial charge >= 0.3 is 5.97 Å². The van der Waals surface area contributed by atoms with Gasteiger partial charge in [-0.05, 0) is 32.3 Å². The van der Waals surface area contributed by atoms with Gasteiger partial charge in [0.05, 0.1) is 25.4 Å². The first-order valence-electron chi connectivity index (χ1n) is 14.9. The van der Waals surface area contributed by atoms with Crippen LogP contribution in [0.5, 0.6) is 0 Å². The summed E-state index contributed by atoms with van der Waals surface area (Å²) in [6, 6.07) is 0. The Morgan fingerprint density at radius 1 is 1.14 bits per heavy atom. The fourth-order valence-electron chi connectivity index (χ4n) is 5.25. The normalized spacial score (nSPS) is 33.0. The molecule has 1 heterocycles. The third kappa shape index (κ3) is 11.3. The van der Waals surface area contributed by atoms with E-state index in [1.54, 1.807) is 45.9 Å². The highest BCUT2D eigenvalue weighted by Gasteiger charge is 2.36. The van der Waals surface area contributed by atoms with E-state index in [2.05, 4.69) is 0 Å². The van der Waals surface area contributed by atoms with E-state index in [-0.39, 0.29) is 23.4 Å². The highest BCUT2D eigenvalue weighted by Crippen LogP contribution is 2.27. The Balaban J connectivity index is 3.45. The quantitative estimate of drug-likeness (QED) is 0.237. The van der Waals surface area contributed by atoms with Crippen LogP contribution in [0.15, 0.2) is 59.4 Å². The molecular weight excluding hydrogens is 536 g/mol. The van der Waals surface area contributed by atoms with Crippen LogP contribution >= 0.6 is 0 Å². The molecule has 0 spiro atoms. The third-order valence-corrected chi connectivity index (χ3v) is 8.17. The van der Waals surface area contributed by atoms with E-state index in [0.29, 0.717) is 12.8 Å². The number of carbonyl (C=O) groups is 2. The van der Waals surface area contributed by atoms with Crippen molar-refractivity contribution < 1.29 is 39.1 Å². The van der Waals surface area contributed by atoms with Gasteiger partial charge in [-0.3, -0.25) is 4.79 Å². The van der Waals surface area contributed by atoms with Crippen LogP contribution in [0.1, 0.15) is 68.2 Å². The van der Waals surface area contributed by atoms with E-state index in [1.807, 2.05) is 45.9 Å². The molecule has 8 nitrogen and oxygen atoms in total. The average Bonchev–Trinajstić information content (AvgIpc) is 2.96. The number of rotatable bonds is 10. The van der Waals surface area contributed by atoms with Crippen LogP contribution in [0.2, 0.25) is 0 Å². The Bertz CT molecular complexity index is 1020. The SMILES string of the molecule is CCC(=O)[C@@H](C)[C@H](O)/C=C/[C@@H](C)[C@H](O)[C@H](C)[C@H]1OC(=O)/C(OC)=C/C(C)=C/[C@@H](C)[C@@H](O)[C@H](C)C/C(C)=C/C=C/[C@@H]1OC. The summed E-state index contributed by atoms with van der Waals surface area (Å²) < 4.78 is 17.1. The van der Waals surface area contributed by atoms with E-state index >= 15 is 0 Å². The molecule has 0 amide bonds. The zero-order valence-corrected chi connectivity index (χ0v) is 27.1. The number of hydrogen-bond donors (Lipinski definition) is 3. The van der Waals surface area contributed by atoms with Gasteiger partial charge in [-0.15, -0.1) is 0 Å². The highest BCUT2D eigenvalue weighted by molar-refractivity contribution is 5.87. The number of ketones is 1. The van der Waals surface area contributed by atoms with Crippen molar-refractivity contribution in [2.24, 2.45) is 29.6 Å². The highest BCUT2D eigenvalue weighted by atomic mass is 16.6. The van der Waals surface area contributed by atoms with Crippen molar-refractivity contribution in [3.05, 3.63) is 59.4 Å². The molecule has 8 heteroatoms. The summed E-state index contributed by atoms with van der Waals surface area (Å²) in [5.41, 5.74) is 1.81. The van der Waals surface area contributed by atoms with Crippen molar-refractivity contribution in [2.75, 3.05) is 14.2 Å². The Morgan fingerprint density at radius 2 is 1.79 bits per heavy atom. The predicted molar refractivity (Wildman–Crippen MR) is 165 cm³/mol. The van der Waals surface area contributed by atoms with Gasteiger partial charge in [-0.1, -0.05) is 89.1 Å². The number of allylic oxidation sites excluding steroid dienone is 5. The molecule has 0 radical (unpaired) electrons. The second-order valence-electron chi connectivity index (χ2n) is 11.8. The van der Waals surface area contributed by atoms with Crippen LogP contribution in [0.3, 0.4) is 0 Å². The maximum Gasteiger partial charge on any atom is 0.373 e. The number of hydrogen-bond acceptors (Lipinski definition) is 8. The smallest absolute Gasteiger partial charge is 0.373 e. The second-order valence-corrected chi connectivity index (χ2v) is 11.8. The number of carbonyl (C=O) groups excluding carboxylic acids is 2. The first-order chi connectivity index (χ1) is 19.7. The number of ether oxygens (including phenoxy) is 3. The molecule has 0 aromatic rings. The van der Waals surface area contributed by atoms with E-state index in [4.69, 9.17) is 14.2 Å². The van der Waals surface area contributed by atoms with Crippen LogP contribution in [-0.2, 0) is 23.8 Å². The minimum atomic E-state index is -0.975. The Hall–Kier alpha value is -2.52. The molecule has 0 saturated heterocycles. The van der Waals surface area contributed by atoms with Crippen LogP contribution in [0, 0.1) is 29.6 Å². The van der Waals surface area contributed by atoms with E-state index in [9.17, 15) is 24.9 Å². The van der Waals surface area contributed by atoms with E-state index < -0.39 is 54.2 Å². The van der Waals surface area contributed by atoms with Gasteiger partial charge < -0.3 is 29.5 Å². The lowest BCUT2D eigenvalue weighted by Crippen LogP contribution is -2.44. The average molecular weight is 591 g/mol. The van der Waals surface area contributed by atoms with Gasteiger partial charge in [-0.25, -0.2) is 4.79 Å². The van der Waals surface area contributed by atoms with E-state index in [0.717, 1.165) is 11.1 Å². The lowest BCUT2D eigenvalue weighted by molar-refractivity contribution is -0.161. The monoisotopic (exact) mass is 590 g/mol.